The first-order valence-corrected chi connectivity index (χ1v) is 4.00. The molecule has 1 aliphatic heterocycles. The minimum atomic E-state index is -0.864. The van der Waals surface area contributed by atoms with Gasteiger partial charge >= 0.3 is 0 Å². The molecule has 2 rings (SSSR count). The van der Waals surface area contributed by atoms with Gasteiger partial charge in [0, 0.05) is 5.56 Å². The van der Waals surface area contributed by atoms with Gasteiger partial charge in [0.1, 0.15) is 5.60 Å². The van der Waals surface area contributed by atoms with Gasteiger partial charge in [-0.15, -0.1) is 0 Å². The van der Waals surface area contributed by atoms with E-state index in [-0.39, 0.29) is 0 Å². The fraction of sp³-hybridized carbons (Fsp3) is 0.300. The van der Waals surface area contributed by atoms with Gasteiger partial charge in [-0.1, -0.05) is 18.2 Å². The van der Waals surface area contributed by atoms with E-state index in [0.29, 0.717) is 0 Å². The number of para-hydroxylation sites is 1. The van der Waals surface area contributed by atoms with E-state index in [2.05, 4.69) is 4.99 Å². The number of nitrogens with zero attached hydrogens (tertiary/aromatic N) is 1. The Hall–Kier alpha value is -1.15. The van der Waals surface area contributed by atoms with Gasteiger partial charge < -0.3 is 5.11 Å². The van der Waals surface area contributed by atoms with Crippen LogP contribution in [0.3, 0.4) is 0 Å². The fourth-order valence-electron chi connectivity index (χ4n) is 1.47. The zero-order valence-electron chi connectivity index (χ0n) is 7.20. The van der Waals surface area contributed by atoms with E-state index >= 15 is 0 Å². The quantitative estimate of drug-likeness (QED) is 0.620. The Kier molecular flexibility index (Phi) is 1.36. The van der Waals surface area contributed by atoms with Crippen molar-refractivity contribution in [1.29, 1.82) is 0 Å². The molecule has 0 bridgehead atoms. The third kappa shape index (κ3) is 0.816. The molecule has 0 spiro atoms. The van der Waals surface area contributed by atoms with Crippen molar-refractivity contribution >= 4 is 11.4 Å². The number of aliphatic imine (C=N–C) groups is 1. The molecule has 1 heterocycles. The molecule has 1 aromatic rings. The number of rotatable bonds is 0. The summed E-state index contributed by atoms with van der Waals surface area (Å²) < 4.78 is 0. The summed E-state index contributed by atoms with van der Waals surface area (Å²) in [7, 11) is 0. The van der Waals surface area contributed by atoms with Crippen LogP contribution >= 0.6 is 0 Å². The molecular formula is C10H11NO. The monoisotopic (exact) mass is 161 g/mol. The van der Waals surface area contributed by atoms with Crippen LogP contribution in [0.4, 0.5) is 5.69 Å². The molecule has 62 valence electrons. The lowest BCUT2D eigenvalue weighted by Gasteiger charge is -2.17. The molecule has 0 fully saturated rings. The molecule has 0 amide bonds. The Balaban J connectivity index is 2.66. The molecular weight excluding hydrogens is 150 g/mol. The molecule has 2 nitrogen and oxygen atoms in total. The summed E-state index contributed by atoms with van der Waals surface area (Å²) >= 11 is 0. The summed E-state index contributed by atoms with van der Waals surface area (Å²) in [5.74, 6) is 0. The Morgan fingerprint density at radius 2 is 2.00 bits per heavy atom. The molecule has 0 aliphatic carbocycles. The maximum absolute atomic E-state index is 9.98. The van der Waals surface area contributed by atoms with Crippen LogP contribution in [0.5, 0.6) is 0 Å². The van der Waals surface area contributed by atoms with E-state index in [1.165, 1.54) is 0 Å². The highest BCUT2D eigenvalue weighted by Crippen LogP contribution is 2.37. The van der Waals surface area contributed by atoms with Gasteiger partial charge in [0.25, 0.3) is 0 Å². The Morgan fingerprint density at radius 1 is 1.33 bits per heavy atom. The number of aliphatic hydroxyl groups is 1. The molecule has 1 atom stereocenters. The van der Waals surface area contributed by atoms with Gasteiger partial charge in [-0.3, -0.25) is 4.99 Å². The number of fused-ring (bicyclic) bond motifs is 1. The van der Waals surface area contributed by atoms with E-state index in [9.17, 15) is 5.11 Å². The summed E-state index contributed by atoms with van der Waals surface area (Å²) in [5.41, 5.74) is 1.70. The molecule has 1 unspecified atom stereocenters. The second kappa shape index (κ2) is 2.17. The molecule has 2 heteroatoms. The molecule has 1 N–H and O–H groups in total. The van der Waals surface area contributed by atoms with Gasteiger partial charge in [-0.05, 0) is 19.9 Å². The zero-order valence-corrected chi connectivity index (χ0v) is 7.20. The van der Waals surface area contributed by atoms with Crippen LogP contribution in [0.1, 0.15) is 19.4 Å². The number of hydrogen-bond donors (Lipinski definition) is 1. The van der Waals surface area contributed by atoms with Crippen LogP contribution in [0, 0.1) is 0 Å². The first kappa shape index (κ1) is 7.50. The summed E-state index contributed by atoms with van der Waals surface area (Å²) in [5, 5.41) is 9.98. The molecule has 12 heavy (non-hydrogen) atoms. The average molecular weight is 161 g/mol. The van der Waals surface area contributed by atoms with E-state index in [0.717, 1.165) is 17.0 Å². The summed E-state index contributed by atoms with van der Waals surface area (Å²) in [4.78, 5) is 4.27. The normalized spacial score (nSPS) is 26.8. The van der Waals surface area contributed by atoms with E-state index in [1.54, 1.807) is 6.92 Å². The van der Waals surface area contributed by atoms with E-state index < -0.39 is 5.60 Å². The zero-order chi connectivity index (χ0) is 8.77. The lowest BCUT2D eigenvalue weighted by Crippen LogP contribution is -2.26. The van der Waals surface area contributed by atoms with Crippen LogP contribution in [-0.2, 0) is 5.60 Å². The van der Waals surface area contributed by atoms with Crippen molar-refractivity contribution in [2.24, 2.45) is 4.99 Å². The van der Waals surface area contributed by atoms with Gasteiger partial charge in [0.15, 0.2) is 0 Å². The highest BCUT2D eigenvalue weighted by Gasteiger charge is 2.33. The Labute approximate surface area is 71.6 Å². The van der Waals surface area contributed by atoms with Gasteiger partial charge in [-0.2, -0.15) is 0 Å². The third-order valence-corrected chi connectivity index (χ3v) is 2.42. The second-order valence-corrected chi connectivity index (χ2v) is 3.29. The smallest absolute Gasteiger partial charge is 0.127 e. The SMILES string of the molecule is CC1=Nc2ccccc2C1(C)O. The van der Waals surface area contributed by atoms with Crippen molar-refractivity contribution in [3.63, 3.8) is 0 Å². The molecule has 1 aromatic carbocycles. The molecule has 0 saturated heterocycles. The number of hydrogen-bond acceptors (Lipinski definition) is 2. The van der Waals surface area contributed by atoms with Crippen LogP contribution in [0.25, 0.3) is 0 Å². The summed E-state index contributed by atoms with van der Waals surface area (Å²) in [6.45, 7) is 3.62. The van der Waals surface area contributed by atoms with Crippen LogP contribution in [0.2, 0.25) is 0 Å². The van der Waals surface area contributed by atoms with Crippen molar-refractivity contribution in [3.05, 3.63) is 29.8 Å². The van der Waals surface area contributed by atoms with Crippen LogP contribution in [0.15, 0.2) is 29.3 Å². The fourth-order valence-corrected chi connectivity index (χ4v) is 1.47. The highest BCUT2D eigenvalue weighted by molar-refractivity contribution is 5.98. The third-order valence-electron chi connectivity index (χ3n) is 2.42. The predicted octanol–water partition coefficient (Wildman–Crippen LogP) is 2.00. The van der Waals surface area contributed by atoms with Crippen molar-refractivity contribution in [2.75, 3.05) is 0 Å². The highest BCUT2D eigenvalue weighted by atomic mass is 16.3. The topological polar surface area (TPSA) is 32.6 Å². The van der Waals surface area contributed by atoms with Crippen molar-refractivity contribution in [1.82, 2.24) is 0 Å². The van der Waals surface area contributed by atoms with E-state index in [4.69, 9.17) is 0 Å². The Bertz CT molecular complexity index is 353. The van der Waals surface area contributed by atoms with Crippen LogP contribution < -0.4 is 0 Å². The van der Waals surface area contributed by atoms with E-state index in [1.807, 2.05) is 31.2 Å². The standard InChI is InChI=1S/C10H11NO/c1-7-10(2,12)8-5-3-4-6-9(8)11-7/h3-6,12H,1-2H3. The van der Waals surface area contributed by atoms with Crippen molar-refractivity contribution in [3.8, 4) is 0 Å². The Morgan fingerprint density at radius 3 is 2.67 bits per heavy atom. The van der Waals surface area contributed by atoms with Gasteiger partial charge in [-0.25, -0.2) is 0 Å². The van der Waals surface area contributed by atoms with Crippen LogP contribution in [-0.4, -0.2) is 10.8 Å². The first-order valence-electron chi connectivity index (χ1n) is 4.00. The molecule has 0 radical (unpaired) electrons. The maximum atomic E-state index is 9.98. The summed E-state index contributed by atoms with van der Waals surface area (Å²) in [6.07, 6.45) is 0. The minimum absolute atomic E-state index is 0.767. The minimum Gasteiger partial charge on any atom is -0.379 e. The maximum Gasteiger partial charge on any atom is 0.127 e. The largest absolute Gasteiger partial charge is 0.379 e. The molecule has 1 aliphatic rings. The second-order valence-electron chi connectivity index (χ2n) is 3.29. The van der Waals surface area contributed by atoms with Crippen molar-refractivity contribution < 1.29 is 5.11 Å². The first-order chi connectivity index (χ1) is 5.62. The van der Waals surface area contributed by atoms with Crippen molar-refractivity contribution in [2.45, 2.75) is 19.4 Å². The van der Waals surface area contributed by atoms with Gasteiger partial charge in [0.2, 0.25) is 0 Å². The lowest BCUT2D eigenvalue weighted by atomic mass is 9.94. The average Bonchev–Trinajstić information content (AvgIpc) is 2.25. The molecule has 0 aromatic heterocycles. The van der Waals surface area contributed by atoms with Gasteiger partial charge in [0.05, 0.1) is 11.4 Å². The summed E-state index contributed by atoms with van der Waals surface area (Å²) in [6, 6.07) is 7.67. The number of benzene rings is 1. The predicted molar refractivity (Wildman–Crippen MR) is 48.8 cm³/mol. The molecule has 0 saturated carbocycles. The lowest BCUT2D eigenvalue weighted by molar-refractivity contribution is 0.136.